The summed E-state index contributed by atoms with van der Waals surface area (Å²) in [6, 6.07) is 5.24. The summed E-state index contributed by atoms with van der Waals surface area (Å²) >= 11 is 0. The summed E-state index contributed by atoms with van der Waals surface area (Å²) in [6.45, 7) is 1.36. The van der Waals surface area contributed by atoms with Crippen molar-refractivity contribution in [3.63, 3.8) is 0 Å². The maximum Gasteiger partial charge on any atom is 0.280 e. The van der Waals surface area contributed by atoms with Crippen LogP contribution in [0.15, 0.2) is 18.2 Å². The Bertz CT molecular complexity index is 495. The lowest BCUT2D eigenvalue weighted by Gasteiger charge is -2.36. The van der Waals surface area contributed by atoms with Gasteiger partial charge >= 0.3 is 0 Å². The summed E-state index contributed by atoms with van der Waals surface area (Å²) < 4.78 is 0. The molecule has 1 aromatic carbocycles. The molecule has 0 amide bonds. The summed E-state index contributed by atoms with van der Waals surface area (Å²) in [7, 11) is 1.97. The lowest BCUT2D eigenvalue weighted by atomic mass is 9.91. The molecule has 0 heterocycles. The molecule has 96 valence electrons. The van der Waals surface area contributed by atoms with E-state index in [1.165, 1.54) is 19.4 Å². The van der Waals surface area contributed by atoms with E-state index in [0.717, 1.165) is 18.5 Å². The Morgan fingerprint density at radius 2 is 2.11 bits per heavy atom. The van der Waals surface area contributed by atoms with Crippen molar-refractivity contribution in [3.05, 3.63) is 33.9 Å². The molecule has 0 N–H and O–H groups in total. The first kappa shape index (κ1) is 12.5. The van der Waals surface area contributed by atoms with Crippen LogP contribution in [0.1, 0.15) is 36.5 Å². The van der Waals surface area contributed by atoms with E-state index in [0.29, 0.717) is 6.04 Å². The summed E-state index contributed by atoms with van der Waals surface area (Å²) in [6.07, 6.45) is 3.51. The van der Waals surface area contributed by atoms with Gasteiger partial charge in [-0.25, -0.2) is 0 Å². The second-order valence-electron chi connectivity index (χ2n) is 4.71. The monoisotopic (exact) mass is 248 g/mol. The van der Waals surface area contributed by atoms with Crippen molar-refractivity contribution in [1.82, 2.24) is 0 Å². The Labute approximate surface area is 106 Å². The number of nitro benzene ring substituents is 1. The Kier molecular flexibility index (Phi) is 3.32. The van der Waals surface area contributed by atoms with Crippen molar-refractivity contribution in [1.29, 1.82) is 0 Å². The quantitative estimate of drug-likeness (QED) is 0.467. The van der Waals surface area contributed by atoms with Crippen LogP contribution < -0.4 is 4.90 Å². The van der Waals surface area contributed by atoms with Gasteiger partial charge in [0.15, 0.2) is 5.78 Å². The molecule has 0 radical (unpaired) electrons. The van der Waals surface area contributed by atoms with E-state index < -0.39 is 4.92 Å². The molecule has 1 fully saturated rings. The third-order valence-electron chi connectivity index (χ3n) is 3.59. The highest BCUT2D eigenvalue weighted by Crippen LogP contribution is 2.31. The Hall–Kier alpha value is -1.91. The standard InChI is InChI=1S/C13H16N2O3/c1-9(16)12-8-11(6-7-13(12)15(17)18)14(2)10-4-3-5-10/h6-8,10H,3-5H2,1-2H3. The van der Waals surface area contributed by atoms with Crippen LogP contribution >= 0.6 is 0 Å². The summed E-state index contributed by atoms with van der Waals surface area (Å²) in [5.74, 6) is -0.273. The molecular formula is C13H16N2O3. The van der Waals surface area contributed by atoms with Crippen LogP contribution in [0.2, 0.25) is 0 Å². The van der Waals surface area contributed by atoms with E-state index in [4.69, 9.17) is 0 Å². The minimum Gasteiger partial charge on any atom is -0.372 e. The molecule has 0 unspecified atom stereocenters. The molecular weight excluding hydrogens is 232 g/mol. The molecule has 0 atom stereocenters. The third kappa shape index (κ3) is 2.20. The molecule has 0 aliphatic heterocycles. The van der Waals surface area contributed by atoms with Gasteiger partial charge < -0.3 is 4.90 Å². The minimum absolute atomic E-state index is 0.117. The van der Waals surface area contributed by atoms with Crippen LogP contribution in [0.3, 0.4) is 0 Å². The number of hydrogen-bond acceptors (Lipinski definition) is 4. The zero-order valence-corrected chi connectivity index (χ0v) is 10.5. The van der Waals surface area contributed by atoms with Gasteiger partial charge in [-0.15, -0.1) is 0 Å². The number of nitro groups is 1. The number of carbonyl (C=O) groups excluding carboxylic acids is 1. The molecule has 2 rings (SSSR count). The van der Waals surface area contributed by atoms with Gasteiger partial charge in [0.1, 0.15) is 0 Å². The van der Waals surface area contributed by atoms with Crippen LogP contribution in [-0.2, 0) is 0 Å². The fourth-order valence-electron chi connectivity index (χ4n) is 2.17. The van der Waals surface area contributed by atoms with Crippen LogP contribution in [0, 0.1) is 10.1 Å². The van der Waals surface area contributed by atoms with Crippen LogP contribution in [0.5, 0.6) is 0 Å². The molecule has 18 heavy (non-hydrogen) atoms. The van der Waals surface area contributed by atoms with Crippen molar-refractivity contribution in [2.45, 2.75) is 32.2 Å². The molecule has 0 bridgehead atoms. The van der Waals surface area contributed by atoms with E-state index in [1.807, 2.05) is 7.05 Å². The average molecular weight is 248 g/mol. The van der Waals surface area contributed by atoms with Crippen molar-refractivity contribution in [3.8, 4) is 0 Å². The average Bonchev–Trinajstić information content (AvgIpc) is 2.25. The second-order valence-corrected chi connectivity index (χ2v) is 4.71. The maximum absolute atomic E-state index is 11.5. The normalized spacial score (nSPS) is 15.0. The van der Waals surface area contributed by atoms with E-state index in [2.05, 4.69) is 4.90 Å². The SMILES string of the molecule is CC(=O)c1cc(N(C)C2CCC2)ccc1[N+](=O)[O-]. The number of Topliss-reactive ketones (excluding diaryl/α,β-unsaturated/α-hetero) is 1. The first-order chi connectivity index (χ1) is 8.50. The lowest BCUT2D eigenvalue weighted by Crippen LogP contribution is -2.37. The number of rotatable bonds is 4. The predicted molar refractivity (Wildman–Crippen MR) is 69.1 cm³/mol. The number of ketones is 1. The largest absolute Gasteiger partial charge is 0.372 e. The first-order valence-electron chi connectivity index (χ1n) is 6.03. The summed E-state index contributed by atoms with van der Waals surface area (Å²) in [4.78, 5) is 23.9. The number of hydrogen-bond donors (Lipinski definition) is 0. The fraction of sp³-hybridized carbons (Fsp3) is 0.462. The molecule has 0 saturated heterocycles. The molecule has 1 aromatic rings. The molecule has 0 aromatic heterocycles. The number of anilines is 1. The van der Waals surface area contributed by atoms with Crippen molar-refractivity contribution >= 4 is 17.2 Å². The van der Waals surface area contributed by atoms with Gasteiger partial charge in [-0.2, -0.15) is 0 Å². The van der Waals surface area contributed by atoms with Gasteiger partial charge in [-0.05, 0) is 38.3 Å². The predicted octanol–water partition coefficient (Wildman–Crippen LogP) is 2.79. The first-order valence-corrected chi connectivity index (χ1v) is 6.03. The van der Waals surface area contributed by atoms with Gasteiger partial charge in [0.05, 0.1) is 10.5 Å². The van der Waals surface area contributed by atoms with E-state index in [9.17, 15) is 14.9 Å². The highest BCUT2D eigenvalue weighted by Gasteiger charge is 2.24. The van der Waals surface area contributed by atoms with Crippen molar-refractivity contribution in [2.24, 2.45) is 0 Å². The van der Waals surface area contributed by atoms with Crippen molar-refractivity contribution in [2.75, 3.05) is 11.9 Å². The zero-order valence-electron chi connectivity index (χ0n) is 10.5. The van der Waals surface area contributed by atoms with Crippen LogP contribution in [0.25, 0.3) is 0 Å². The Morgan fingerprint density at radius 1 is 1.44 bits per heavy atom. The smallest absolute Gasteiger partial charge is 0.280 e. The minimum atomic E-state index is -0.510. The number of benzene rings is 1. The lowest BCUT2D eigenvalue weighted by molar-refractivity contribution is -0.385. The molecule has 1 aliphatic rings. The topological polar surface area (TPSA) is 63.5 Å². The highest BCUT2D eigenvalue weighted by atomic mass is 16.6. The molecule has 0 spiro atoms. The van der Waals surface area contributed by atoms with Crippen LogP contribution in [0.4, 0.5) is 11.4 Å². The molecule has 5 heteroatoms. The van der Waals surface area contributed by atoms with E-state index in [1.54, 1.807) is 12.1 Å². The summed E-state index contributed by atoms with van der Waals surface area (Å²) in [5.41, 5.74) is 0.937. The van der Waals surface area contributed by atoms with Gasteiger partial charge in [0, 0.05) is 24.8 Å². The van der Waals surface area contributed by atoms with E-state index in [-0.39, 0.29) is 17.0 Å². The zero-order chi connectivity index (χ0) is 13.3. The molecule has 1 aliphatic carbocycles. The summed E-state index contributed by atoms with van der Waals surface area (Å²) in [5, 5.41) is 10.8. The van der Waals surface area contributed by atoms with Crippen LogP contribution in [-0.4, -0.2) is 23.8 Å². The van der Waals surface area contributed by atoms with Gasteiger partial charge in [-0.3, -0.25) is 14.9 Å². The van der Waals surface area contributed by atoms with Gasteiger partial charge in [0.2, 0.25) is 0 Å². The van der Waals surface area contributed by atoms with Gasteiger partial charge in [0.25, 0.3) is 5.69 Å². The third-order valence-corrected chi connectivity index (χ3v) is 3.59. The van der Waals surface area contributed by atoms with Gasteiger partial charge in [-0.1, -0.05) is 0 Å². The Morgan fingerprint density at radius 3 is 2.56 bits per heavy atom. The second kappa shape index (κ2) is 4.76. The molecule has 5 nitrogen and oxygen atoms in total. The fourth-order valence-corrected chi connectivity index (χ4v) is 2.17. The number of carbonyl (C=O) groups is 1. The highest BCUT2D eigenvalue weighted by molar-refractivity contribution is 5.99. The number of nitrogens with zero attached hydrogens (tertiary/aromatic N) is 2. The Balaban J connectivity index is 2.36. The molecule has 1 saturated carbocycles. The maximum atomic E-state index is 11.5. The van der Waals surface area contributed by atoms with Crippen molar-refractivity contribution < 1.29 is 9.72 Å². The van der Waals surface area contributed by atoms with E-state index >= 15 is 0 Å².